The van der Waals surface area contributed by atoms with Crippen LogP contribution in [-0.4, -0.2) is 0 Å². The molecule has 0 atom stereocenters. The van der Waals surface area contributed by atoms with E-state index in [9.17, 15) is 0 Å². The third kappa shape index (κ3) is 5.71. The summed E-state index contributed by atoms with van der Waals surface area (Å²) in [6.45, 7) is 9.12. The van der Waals surface area contributed by atoms with Crippen LogP contribution in [0.15, 0.2) is 60.7 Å². The minimum Gasteiger partial charge on any atom is -0.0625 e. The second-order valence-electron chi connectivity index (χ2n) is 10.4. The van der Waals surface area contributed by atoms with Crippen molar-refractivity contribution in [2.24, 2.45) is 11.8 Å². The first-order chi connectivity index (χ1) is 15.5. The molecular formula is C32H40. The van der Waals surface area contributed by atoms with Crippen molar-refractivity contribution < 1.29 is 0 Å². The molecule has 0 spiro atoms. The molecule has 0 N–H and O–H groups in total. The maximum Gasteiger partial charge on any atom is -0.0125 e. The summed E-state index contributed by atoms with van der Waals surface area (Å²) in [5, 5.41) is 0. The van der Waals surface area contributed by atoms with E-state index in [-0.39, 0.29) is 0 Å². The lowest BCUT2D eigenvalue weighted by atomic mass is 9.80. The monoisotopic (exact) mass is 424 g/mol. The van der Waals surface area contributed by atoms with Gasteiger partial charge < -0.3 is 0 Å². The number of benzene rings is 3. The molecule has 1 fully saturated rings. The Morgan fingerprint density at radius 1 is 0.656 bits per heavy atom. The minimum atomic E-state index is 0.967. The Morgan fingerprint density at radius 3 is 1.78 bits per heavy atom. The maximum atomic E-state index is 2.43. The van der Waals surface area contributed by atoms with Crippen molar-refractivity contribution in [1.29, 1.82) is 0 Å². The first kappa shape index (κ1) is 22.8. The van der Waals surface area contributed by atoms with Gasteiger partial charge in [-0.3, -0.25) is 0 Å². The fourth-order valence-corrected chi connectivity index (χ4v) is 5.61. The standard InChI is InChI=1S/C32H40/c1-23-9-13-27(14-10-23)7-5-6-8-28-21-25(3)32(26(4)22-28)31-19-17-30(18-20-31)29-15-11-24(2)12-16-29/h11-12,15-23,27H,5-10,13-14H2,1-4H3. The molecule has 0 heterocycles. The number of hydrogen-bond acceptors (Lipinski definition) is 0. The lowest BCUT2D eigenvalue weighted by Gasteiger charge is -2.26. The molecule has 4 rings (SSSR count). The van der Waals surface area contributed by atoms with E-state index in [0.717, 1.165) is 11.8 Å². The van der Waals surface area contributed by atoms with Crippen LogP contribution in [0, 0.1) is 32.6 Å². The van der Waals surface area contributed by atoms with Gasteiger partial charge in [-0.2, -0.15) is 0 Å². The predicted octanol–water partition coefficient (Wildman–Crippen LogP) is 9.48. The van der Waals surface area contributed by atoms with E-state index < -0.39 is 0 Å². The molecule has 0 nitrogen and oxygen atoms in total. The van der Waals surface area contributed by atoms with Gasteiger partial charge in [-0.05, 0) is 84.4 Å². The molecular weight excluding hydrogens is 384 g/mol. The number of unbranched alkanes of at least 4 members (excludes halogenated alkanes) is 1. The minimum absolute atomic E-state index is 0.967. The van der Waals surface area contributed by atoms with E-state index in [4.69, 9.17) is 0 Å². The quantitative estimate of drug-likeness (QED) is 0.331. The third-order valence-electron chi connectivity index (χ3n) is 7.61. The Labute approximate surface area is 196 Å². The van der Waals surface area contributed by atoms with Gasteiger partial charge in [0.05, 0.1) is 0 Å². The molecule has 0 heteroatoms. The summed E-state index contributed by atoms with van der Waals surface area (Å²) >= 11 is 0. The van der Waals surface area contributed by atoms with Crippen molar-refractivity contribution in [3.63, 3.8) is 0 Å². The lowest BCUT2D eigenvalue weighted by molar-refractivity contribution is 0.272. The van der Waals surface area contributed by atoms with Crippen LogP contribution in [0.25, 0.3) is 22.3 Å². The van der Waals surface area contributed by atoms with Crippen LogP contribution in [0.2, 0.25) is 0 Å². The summed E-state index contributed by atoms with van der Waals surface area (Å²) in [6.07, 6.45) is 11.2. The lowest BCUT2D eigenvalue weighted by Crippen LogP contribution is -2.12. The van der Waals surface area contributed by atoms with Crippen LogP contribution < -0.4 is 0 Å². The molecule has 0 bridgehead atoms. The highest BCUT2D eigenvalue weighted by atomic mass is 14.2. The highest BCUT2D eigenvalue weighted by molar-refractivity contribution is 5.74. The average molecular weight is 425 g/mol. The van der Waals surface area contributed by atoms with Gasteiger partial charge in [-0.15, -0.1) is 0 Å². The van der Waals surface area contributed by atoms with Gasteiger partial charge in [-0.1, -0.05) is 112 Å². The van der Waals surface area contributed by atoms with Crippen LogP contribution in [0.3, 0.4) is 0 Å². The van der Waals surface area contributed by atoms with E-state index >= 15 is 0 Å². The van der Waals surface area contributed by atoms with Crippen molar-refractivity contribution in [3.05, 3.63) is 82.9 Å². The summed E-state index contributed by atoms with van der Waals surface area (Å²) in [5.41, 5.74) is 10.9. The van der Waals surface area contributed by atoms with Crippen LogP contribution in [0.4, 0.5) is 0 Å². The SMILES string of the molecule is Cc1ccc(-c2ccc(-c3c(C)cc(CCCCC4CCC(C)CC4)cc3C)cc2)cc1. The second-order valence-corrected chi connectivity index (χ2v) is 10.4. The third-order valence-corrected chi connectivity index (χ3v) is 7.61. The number of aryl methyl sites for hydroxylation is 4. The molecule has 3 aromatic carbocycles. The summed E-state index contributed by atoms with van der Waals surface area (Å²) in [6, 6.07) is 22.8. The molecule has 1 aliphatic carbocycles. The molecule has 0 unspecified atom stereocenters. The van der Waals surface area contributed by atoms with Crippen molar-refractivity contribution >= 4 is 0 Å². The van der Waals surface area contributed by atoms with E-state index in [2.05, 4.69) is 88.4 Å². The van der Waals surface area contributed by atoms with Crippen LogP contribution in [0.1, 0.15) is 74.1 Å². The first-order valence-electron chi connectivity index (χ1n) is 12.8. The highest BCUT2D eigenvalue weighted by Crippen LogP contribution is 2.33. The Bertz CT molecular complexity index is 976. The molecule has 0 saturated heterocycles. The van der Waals surface area contributed by atoms with Crippen molar-refractivity contribution in [2.75, 3.05) is 0 Å². The number of rotatable bonds is 7. The highest BCUT2D eigenvalue weighted by Gasteiger charge is 2.17. The molecule has 32 heavy (non-hydrogen) atoms. The van der Waals surface area contributed by atoms with Gasteiger partial charge >= 0.3 is 0 Å². The molecule has 3 aromatic rings. The van der Waals surface area contributed by atoms with Crippen LogP contribution in [0.5, 0.6) is 0 Å². The summed E-state index contributed by atoms with van der Waals surface area (Å²) in [5.74, 6) is 1.97. The zero-order valence-corrected chi connectivity index (χ0v) is 20.6. The van der Waals surface area contributed by atoms with Gasteiger partial charge in [0.2, 0.25) is 0 Å². The normalized spacial score (nSPS) is 18.6. The summed E-state index contributed by atoms with van der Waals surface area (Å²) in [7, 11) is 0. The average Bonchev–Trinajstić information content (AvgIpc) is 2.79. The van der Waals surface area contributed by atoms with Gasteiger partial charge in [-0.25, -0.2) is 0 Å². The number of hydrogen-bond donors (Lipinski definition) is 0. The fraction of sp³-hybridized carbons (Fsp3) is 0.438. The molecule has 0 radical (unpaired) electrons. The largest absolute Gasteiger partial charge is 0.0625 e. The topological polar surface area (TPSA) is 0 Å². The van der Waals surface area contributed by atoms with Crippen LogP contribution >= 0.6 is 0 Å². The van der Waals surface area contributed by atoms with Crippen molar-refractivity contribution in [1.82, 2.24) is 0 Å². The van der Waals surface area contributed by atoms with Gasteiger partial charge in [0.15, 0.2) is 0 Å². The van der Waals surface area contributed by atoms with Gasteiger partial charge in [0.25, 0.3) is 0 Å². The maximum absolute atomic E-state index is 2.43. The zero-order chi connectivity index (χ0) is 22.5. The Hall–Kier alpha value is -2.34. The molecule has 168 valence electrons. The zero-order valence-electron chi connectivity index (χ0n) is 20.6. The smallest absolute Gasteiger partial charge is 0.0125 e. The van der Waals surface area contributed by atoms with Gasteiger partial charge in [0.1, 0.15) is 0 Å². The van der Waals surface area contributed by atoms with Crippen molar-refractivity contribution in [2.45, 2.75) is 79.1 Å². The van der Waals surface area contributed by atoms with E-state index in [1.807, 2.05) is 0 Å². The Balaban J connectivity index is 1.37. The molecule has 0 amide bonds. The van der Waals surface area contributed by atoms with E-state index in [0.29, 0.717) is 0 Å². The van der Waals surface area contributed by atoms with E-state index in [1.54, 1.807) is 0 Å². The molecule has 0 aromatic heterocycles. The first-order valence-corrected chi connectivity index (χ1v) is 12.8. The predicted molar refractivity (Wildman–Crippen MR) is 140 cm³/mol. The second kappa shape index (κ2) is 10.5. The summed E-state index contributed by atoms with van der Waals surface area (Å²) < 4.78 is 0. The van der Waals surface area contributed by atoms with Crippen LogP contribution in [-0.2, 0) is 6.42 Å². The molecule has 0 aliphatic heterocycles. The molecule has 1 aliphatic rings. The fourth-order valence-electron chi connectivity index (χ4n) is 5.61. The Morgan fingerprint density at radius 2 is 1.19 bits per heavy atom. The van der Waals surface area contributed by atoms with E-state index in [1.165, 1.54) is 95.9 Å². The summed E-state index contributed by atoms with van der Waals surface area (Å²) in [4.78, 5) is 0. The molecule has 1 saturated carbocycles. The Kier molecular flexibility index (Phi) is 7.51. The van der Waals surface area contributed by atoms with Gasteiger partial charge in [0, 0.05) is 0 Å². The van der Waals surface area contributed by atoms with Crippen molar-refractivity contribution in [3.8, 4) is 22.3 Å².